The minimum absolute atomic E-state index is 0.229. The Labute approximate surface area is 266 Å². The smallest absolute Gasteiger partial charge is 0.329 e. The van der Waals surface area contributed by atoms with Crippen LogP contribution in [-0.2, 0) is 20.8 Å². The van der Waals surface area contributed by atoms with Crippen molar-refractivity contribution in [2.24, 2.45) is 5.10 Å². The molecule has 3 amide bonds. The summed E-state index contributed by atoms with van der Waals surface area (Å²) in [5, 5.41) is 9.82. The molecule has 0 bridgehead atoms. The Kier molecular flexibility index (Phi) is 12.5. The molecule has 0 fully saturated rings. The van der Waals surface area contributed by atoms with Crippen LogP contribution in [0.25, 0.3) is 0 Å². The van der Waals surface area contributed by atoms with Gasteiger partial charge in [-0.25, -0.2) is 5.43 Å². The highest BCUT2D eigenvalue weighted by molar-refractivity contribution is 14.1. The quantitative estimate of drug-likeness (QED) is 0.109. The number of methoxy groups -OCH3 is 3. The molecule has 0 aliphatic heterocycles. The molecule has 3 aromatic rings. The van der Waals surface area contributed by atoms with Crippen LogP contribution in [0.5, 0.6) is 23.0 Å². The second kappa shape index (κ2) is 16.0. The third-order valence-electron chi connectivity index (χ3n) is 5.48. The highest BCUT2D eigenvalue weighted by Crippen LogP contribution is 2.33. The second-order valence-corrected chi connectivity index (χ2v) is 10.5. The molecule has 0 saturated carbocycles. The van der Waals surface area contributed by atoms with E-state index in [1.165, 1.54) is 20.4 Å². The van der Waals surface area contributed by atoms with Crippen molar-refractivity contribution in [2.45, 2.75) is 6.42 Å². The zero-order valence-electron chi connectivity index (χ0n) is 22.8. The monoisotopic (exact) mass is 728 g/mol. The molecule has 222 valence electrons. The molecular weight excluding hydrogens is 702 g/mol. The van der Waals surface area contributed by atoms with Gasteiger partial charge in [-0.15, -0.1) is 0 Å². The maximum absolute atomic E-state index is 12.4. The van der Waals surface area contributed by atoms with E-state index in [0.29, 0.717) is 54.3 Å². The molecule has 3 aromatic carbocycles. The molecule has 42 heavy (non-hydrogen) atoms. The number of rotatable bonds is 12. The molecule has 0 aliphatic carbocycles. The van der Waals surface area contributed by atoms with E-state index >= 15 is 0 Å². The van der Waals surface area contributed by atoms with Gasteiger partial charge >= 0.3 is 11.8 Å². The van der Waals surface area contributed by atoms with E-state index in [1.54, 1.807) is 49.6 Å². The first-order valence-electron chi connectivity index (χ1n) is 12.2. The van der Waals surface area contributed by atoms with E-state index in [9.17, 15) is 14.4 Å². The van der Waals surface area contributed by atoms with Gasteiger partial charge in [0.25, 0.3) is 5.91 Å². The van der Waals surface area contributed by atoms with Gasteiger partial charge in [0.1, 0.15) is 0 Å². The summed E-state index contributed by atoms with van der Waals surface area (Å²) in [6, 6.07) is 13.4. The second-order valence-electron chi connectivity index (χ2n) is 8.42. The van der Waals surface area contributed by atoms with Crippen LogP contribution >= 0.6 is 45.8 Å². The number of nitrogens with one attached hydrogen (secondary N) is 3. The van der Waals surface area contributed by atoms with Gasteiger partial charge in [-0.1, -0.05) is 29.3 Å². The van der Waals surface area contributed by atoms with Gasteiger partial charge in [0.2, 0.25) is 0 Å². The van der Waals surface area contributed by atoms with E-state index < -0.39 is 17.7 Å². The zero-order chi connectivity index (χ0) is 30.6. The molecule has 11 nitrogen and oxygen atoms in total. The first-order valence-corrected chi connectivity index (χ1v) is 14.0. The van der Waals surface area contributed by atoms with Crippen molar-refractivity contribution >= 4 is 75.4 Å². The van der Waals surface area contributed by atoms with Crippen LogP contribution in [0.2, 0.25) is 10.0 Å². The fourth-order valence-corrected chi connectivity index (χ4v) is 4.88. The fraction of sp³-hybridized carbons (Fsp3) is 0.214. The number of carbonyl (C=O) groups is 3. The maximum atomic E-state index is 12.4. The van der Waals surface area contributed by atoms with Crippen LogP contribution in [0.15, 0.2) is 53.6 Å². The molecule has 0 aromatic heterocycles. The summed E-state index contributed by atoms with van der Waals surface area (Å²) >= 11 is 13.9. The first kappa shape index (κ1) is 32.8. The maximum Gasteiger partial charge on any atom is 0.329 e. The summed E-state index contributed by atoms with van der Waals surface area (Å²) in [6.07, 6.45) is 1.82. The number of carbonyl (C=O) groups excluding carboxylic acids is 3. The van der Waals surface area contributed by atoms with E-state index in [-0.39, 0.29) is 13.2 Å². The Morgan fingerprint density at radius 1 is 0.881 bits per heavy atom. The van der Waals surface area contributed by atoms with E-state index in [0.717, 1.165) is 5.56 Å². The van der Waals surface area contributed by atoms with Crippen molar-refractivity contribution < 1.29 is 33.3 Å². The molecule has 0 heterocycles. The number of nitrogens with zero attached hydrogens (tertiary/aromatic N) is 1. The number of amides is 3. The number of benzene rings is 3. The molecular formula is C28H27Cl2IN4O7. The number of hydrazone groups is 1. The minimum Gasteiger partial charge on any atom is -0.493 e. The Balaban J connectivity index is 1.51. The third kappa shape index (κ3) is 9.67. The van der Waals surface area contributed by atoms with Crippen LogP contribution < -0.4 is 35.0 Å². The summed E-state index contributed by atoms with van der Waals surface area (Å²) in [5.74, 6) is -0.339. The Bertz CT molecular complexity index is 1470. The largest absolute Gasteiger partial charge is 0.493 e. The van der Waals surface area contributed by atoms with Gasteiger partial charge < -0.3 is 29.6 Å². The van der Waals surface area contributed by atoms with Crippen LogP contribution in [0.4, 0.5) is 5.69 Å². The molecule has 0 aliphatic rings. The summed E-state index contributed by atoms with van der Waals surface area (Å²) in [4.78, 5) is 36.7. The zero-order valence-corrected chi connectivity index (χ0v) is 26.4. The molecule has 3 N–H and O–H groups in total. The lowest BCUT2D eigenvalue weighted by Crippen LogP contribution is -2.38. The number of ether oxygens (including phenoxy) is 4. The van der Waals surface area contributed by atoms with Crippen molar-refractivity contribution in [1.82, 2.24) is 10.7 Å². The highest BCUT2D eigenvalue weighted by atomic mass is 127. The summed E-state index contributed by atoms with van der Waals surface area (Å²) in [5.41, 5.74) is 4.07. The number of halogens is 3. The number of hydrogen-bond acceptors (Lipinski definition) is 8. The standard InChI is InChI=1S/C28H27Cl2IN4O7/c1-39-22-5-4-16(9-23(22)40-2)6-7-32-27(37)28(38)35-33-14-17-8-21(31)26(24(10-17)41-3)42-15-25(36)34-20-12-18(29)11-19(30)13-20/h4-5,8-14H,6-7,15H2,1-3H3,(H,32,37)(H,34,36)(H,35,38)/b33-14-. The fourth-order valence-electron chi connectivity index (χ4n) is 3.57. The lowest BCUT2D eigenvalue weighted by atomic mass is 10.1. The summed E-state index contributed by atoms with van der Waals surface area (Å²) in [7, 11) is 4.53. The lowest BCUT2D eigenvalue weighted by molar-refractivity contribution is -0.139. The Hall–Kier alpha value is -3.75. The summed E-state index contributed by atoms with van der Waals surface area (Å²) in [6.45, 7) is -0.0751. The van der Waals surface area contributed by atoms with Crippen molar-refractivity contribution in [1.29, 1.82) is 0 Å². The van der Waals surface area contributed by atoms with Crippen LogP contribution in [0.3, 0.4) is 0 Å². The average Bonchev–Trinajstić information content (AvgIpc) is 2.95. The number of anilines is 1. The van der Waals surface area contributed by atoms with Crippen molar-refractivity contribution in [3.63, 3.8) is 0 Å². The Morgan fingerprint density at radius 3 is 2.24 bits per heavy atom. The van der Waals surface area contributed by atoms with Crippen LogP contribution in [-0.4, -0.2) is 58.4 Å². The highest BCUT2D eigenvalue weighted by Gasteiger charge is 2.15. The topological polar surface area (TPSA) is 137 Å². The Morgan fingerprint density at radius 2 is 1.57 bits per heavy atom. The van der Waals surface area contributed by atoms with Gasteiger partial charge in [0.05, 0.1) is 31.1 Å². The third-order valence-corrected chi connectivity index (χ3v) is 6.72. The van der Waals surface area contributed by atoms with E-state index in [2.05, 4.69) is 21.2 Å². The van der Waals surface area contributed by atoms with E-state index in [4.69, 9.17) is 42.1 Å². The normalized spacial score (nSPS) is 10.6. The molecule has 0 atom stereocenters. The molecule has 0 spiro atoms. The van der Waals surface area contributed by atoms with Gasteiger partial charge in [0, 0.05) is 22.3 Å². The lowest BCUT2D eigenvalue weighted by Gasteiger charge is -2.13. The van der Waals surface area contributed by atoms with Gasteiger partial charge in [0.15, 0.2) is 29.6 Å². The summed E-state index contributed by atoms with van der Waals surface area (Å²) < 4.78 is 22.2. The van der Waals surface area contributed by atoms with Crippen LogP contribution in [0.1, 0.15) is 11.1 Å². The van der Waals surface area contributed by atoms with E-state index in [1.807, 2.05) is 28.7 Å². The van der Waals surface area contributed by atoms with Crippen LogP contribution in [0, 0.1) is 3.57 Å². The van der Waals surface area contributed by atoms with Crippen molar-refractivity contribution in [2.75, 3.05) is 39.8 Å². The van der Waals surface area contributed by atoms with Crippen molar-refractivity contribution in [3.05, 3.63) is 73.3 Å². The van der Waals surface area contributed by atoms with Gasteiger partial charge in [-0.3, -0.25) is 14.4 Å². The molecule has 0 saturated heterocycles. The molecule has 14 heteroatoms. The molecule has 0 unspecified atom stereocenters. The van der Waals surface area contributed by atoms with Gasteiger partial charge in [-0.05, 0) is 82.6 Å². The average molecular weight is 729 g/mol. The minimum atomic E-state index is -0.924. The molecule has 3 rings (SSSR count). The van der Waals surface area contributed by atoms with Crippen molar-refractivity contribution in [3.8, 4) is 23.0 Å². The number of hydrogen-bond donors (Lipinski definition) is 3. The SMILES string of the molecule is COc1ccc(CCNC(=O)C(=O)N/N=C\c2cc(I)c(OCC(=O)Nc3cc(Cl)cc(Cl)c3)c(OC)c2)cc1OC. The first-order chi connectivity index (χ1) is 20.1. The predicted octanol–water partition coefficient (Wildman–Crippen LogP) is 4.45. The van der Waals surface area contributed by atoms with Gasteiger partial charge in [-0.2, -0.15) is 5.10 Å². The molecule has 0 radical (unpaired) electrons. The predicted molar refractivity (Wildman–Crippen MR) is 168 cm³/mol.